The molecule has 1 atom stereocenters. The van der Waals surface area contributed by atoms with Crippen LogP contribution >= 0.6 is 23.2 Å². The molecule has 8 heteroatoms. The highest BCUT2D eigenvalue weighted by Gasteiger charge is 2.17. The summed E-state index contributed by atoms with van der Waals surface area (Å²) in [5, 5.41) is 3.55. The molecule has 3 rings (SSSR count). The molecule has 1 heterocycles. The Morgan fingerprint density at radius 1 is 1.12 bits per heavy atom. The van der Waals surface area contributed by atoms with Gasteiger partial charge in [-0.2, -0.15) is 0 Å². The Balaban J connectivity index is 1.72. The minimum atomic E-state index is -0.790. The summed E-state index contributed by atoms with van der Waals surface area (Å²) in [6.07, 6.45) is -0.790. The van der Waals surface area contributed by atoms with Crippen LogP contribution < -0.4 is 15.7 Å². The minimum absolute atomic E-state index is 0.305. The van der Waals surface area contributed by atoms with Crippen molar-refractivity contribution in [3.8, 4) is 5.75 Å². The summed E-state index contributed by atoms with van der Waals surface area (Å²) < 4.78 is 5.56. The van der Waals surface area contributed by atoms with Crippen molar-refractivity contribution in [2.24, 2.45) is 0 Å². The average molecular weight is 366 g/mol. The molecule has 3 aromatic rings. The first-order valence-corrected chi connectivity index (χ1v) is 7.82. The number of aromatic amines is 2. The third kappa shape index (κ3) is 3.55. The maximum atomic E-state index is 12.3. The molecule has 1 amide bonds. The van der Waals surface area contributed by atoms with Gasteiger partial charge in [-0.3, -0.25) is 4.79 Å². The van der Waals surface area contributed by atoms with Gasteiger partial charge in [0.2, 0.25) is 0 Å². The number of hydrogen-bond donors (Lipinski definition) is 3. The second-order valence-electron chi connectivity index (χ2n) is 5.16. The predicted molar refractivity (Wildman–Crippen MR) is 94.1 cm³/mol. The summed E-state index contributed by atoms with van der Waals surface area (Å²) in [6.45, 7) is 1.60. The first-order valence-electron chi connectivity index (χ1n) is 7.07. The molecule has 0 aliphatic rings. The predicted octanol–water partition coefficient (Wildman–Crippen LogP) is 3.57. The number of rotatable bonds is 4. The quantitative estimate of drug-likeness (QED) is 0.660. The van der Waals surface area contributed by atoms with Gasteiger partial charge in [0.05, 0.1) is 16.1 Å². The molecule has 2 aromatic carbocycles. The van der Waals surface area contributed by atoms with Gasteiger partial charge in [-0.05, 0) is 37.3 Å². The van der Waals surface area contributed by atoms with Crippen LogP contribution in [0.3, 0.4) is 0 Å². The third-order valence-electron chi connectivity index (χ3n) is 3.35. The SMILES string of the molecule is C[C@H](Oc1cc(Cl)ccc1Cl)C(=O)Nc1ccc2[nH]c(=O)[nH]c2c1. The van der Waals surface area contributed by atoms with Crippen molar-refractivity contribution in [1.29, 1.82) is 0 Å². The van der Waals surface area contributed by atoms with Crippen LogP contribution in [-0.4, -0.2) is 22.0 Å². The third-order valence-corrected chi connectivity index (χ3v) is 3.90. The maximum Gasteiger partial charge on any atom is 0.323 e. The molecule has 3 N–H and O–H groups in total. The molecular formula is C16H13Cl2N3O3. The molecule has 0 fully saturated rings. The normalized spacial score (nSPS) is 12.1. The Bertz CT molecular complexity index is 965. The summed E-state index contributed by atoms with van der Waals surface area (Å²) in [7, 11) is 0. The number of carbonyl (C=O) groups is 1. The lowest BCUT2D eigenvalue weighted by molar-refractivity contribution is -0.122. The van der Waals surface area contributed by atoms with Crippen molar-refractivity contribution in [3.63, 3.8) is 0 Å². The van der Waals surface area contributed by atoms with E-state index in [1.54, 1.807) is 43.3 Å². The summed E-state index contributed by atoms with van der Waals surface area (Å²) in [5.41, 5.74) is 1.49. The topological polar surface area (TPSA) is 87.0 Å². The second-order valence-corrected chi connectivity index (χ2v) is 6.01. The second kappa shape index (κ2) is 6.59. The average Bonchev–Trinajstić information content (AvgIpc) is 2.90. The van der Waals surface area contributed by atoms with Crippen molar-refractivity contribution < 1.29 is 9.53 Å². The molecule has 0 bridgehead atoms. The standard InChI is InChI=1S/C16H13Cl2N3O3/c1-8(24-14-6-9(17)2-4-11(14)18)15(22)19-10-3-5-12-13(7-10)21-16(23)20-12/h2-8H,1H3,(H,19,22)(H2,20,21,23)/t8-/m0/s1. The monoisotopic (exact) mass is 365 g/mol. The molecule has 0 radical (unpaired) electrons. The van der Waals surface area contributed by atoms with Crippen molar-refractivity contribution in [2.45, 2.75) is 13.0 Å². The van der Waals surface area contributed by atoms with Crippen molar-refractivity contribution >= 4 is 45.8 Å². The van der Waals surface area contributed by atoms with E-state index in [9.17, 15) is 9.59 Å². The van der Waals surface area contributed by atoms with Crippen molar-refractivity contribution in [1.82, 2.24) is 9.97 Å². The lowest BCUT2D eigenvalue weighted by atomic mass is 10.2. The number of fused-ring (bicyclic) bond motifs is 1. The number of aromatic nitrogens is 2. The van der Waals surface area contributed by atoms with E-state index in [1.165, 1.54) is 0 Å². The number of anilines is 1. The molecular weight excluding hydrogens is 353 g/mol. The van der Waals surface area contributed by atoms with Crippen LogP contribution in [0.5, 0.6) is 5.75 Å². The maximum absolute atomic E-state index is 12.3. The zero-order valence-corrected chi connectivity index (χ0v) is 14.0. The highest BCUT2D eigenvalue weighted by Crippen LogP contribution is 2.28. The minimum Gasteiger partial charge on any atom is -0.479 e. The van der Waals surface area contributed by atoms with Crippen molar-refractivity contribution in [3.05, 3.63) is 56.9 Å². The number of nitrogens with one attached hydrogen (secondary N) is 3. The van der Waals surface area contributed by atoms with Gasteiger partial charge in [0.25, 0.3) is 5.91 Å². The fourth-order valence-electron chi connectivity index (χ4n) is 2.17. The van der Waals surface area contributed by atoms with E-state index >= 15 is 0 Å². The van der Waals surface area contributed by atoms with Gasteiger partial charge in [-0.1, -0.05) is 23.2 Å². The van der Waals surface area contributed by atoms with Crippen LogP contribution in [0.1, 0.15) is 6.92 Å². The van der Waals surface area contributed by atoms with Crippen LogP contribution in [0.15, 0.2) is 41.2 Å². The van der Waals surface area contributed by atoms with Gasteiger partial charge < -0.3 is 20.0 Å². The summed E-state index contributed by atoms with van der Waals surface area (Å²) in [6, 6.07) is 9.81. The van der Waals surface area contributed by atoms with E-state index in [2.05, 4.69) is 15.3 Å². The number of amides is 1. The number of hydrogen-bond acceptors (Lipinski definition) is 3. The smallest absolute Gasteiger partial charge is 0.323 e. The number of ether oxygens (including phenoxy) is 1. The van der Waals surface area contributed by atoms with Crippen molar-refractivity contribution in [2.75, 3.05) is 5.32 Å². The van der Waals surface area contributed by atoms with E-state index in [1.807, 2.05) is 0 Å². The van der Waals surface area contributed by atoms with E-state index in [-0.39, 0.29) is 11.6 Å². The Hall–Kier alpha value is -2.44. The largest absolute Gasteiger partial charge is 0.479 e. The van der Waals surface area contributed by atoms with Crippen LogP contribution in [0.2, 0.25) is 10.0 Å². The van der Waals surface area contributed by atoms with Gasteiger partial charge in [-0.15, -0.1) is 0 Å². The lowest BCUT2D eigenvalue weighted by Gasteiger charge is -2.16. The number of halogens is 2. The zero-order valence-electron chi connectivity index (χ0n) is 12.5. The Labute approximate surface area is 146 Å². The molecule has 0 saturated heterocycles. The van der Waals surface area contributed by atoms with Gasteiger partial charge in [0, 0.05) is 16.8 Å². The highest BCUT2D eigenvalue weighted by atomic mass is 35.5. The van der Waals surface area contributed by atoms with E-state index in [0.717, 1.165) is 0 Å². The van der Waals surface area contributed by atoms with E-state index in [4.69, 9.17) is 27.9 Å². The lowest BCUT2D eigenvalue weighted by Crippen LogP contribution is -2.30. The van der Waals surface area contributed by atoms with Gasteiger partial charge in [0.1, 0.15) is 5.75 Å². The van der Waals surface area contributed by atoms with Gasteiger partial charge in [0.15, 0.2) is 6.10 Å². The number of H-pyrrole nitrogens is 2. The van der Waals surface area contributed by atoms with Crippen LogP contribution in [0.4, 0.5) is 5.69 Å². The molecule has 6 nitrogen and oxygen atoms in total. The fraction of sp³-hybridized carbons (Fsp3) is 0.125. The van der Waals surface area contributed by atoms with Gasteiger partial charge in [-0.25, -0.2) is 4.79 Å². The number of carbonyl (C=O) groups excluding carboxylic acids is 1. The zero-order chi connectivity index (χ0) is 17.3. The first-order chi connectivity index (χ1) is 11.4. The van der Waals surface area contributed by atoms with Crippen LogP contribution in [0, 0.1) is 0 Å². The molecule has 0 aliphatic carbocycles. The van der Waals surface area contributed by atoms with E-state index < -0.39 is 6.10 Å². The van der Waals surface area contributed by atoms with Gasteiger partial charge >= 0.3 is 5.69 Å². The first kappa shape index (κ1) is 16.4. The summed E-state index contributed by atoms with van der Waals surface area (Å²) in [5.74, 6) is -0.0273. The van der Waals surface area contributed by atoms with Crippen LogP contribution in [0.25, 0.3) is 11.0 Å². The molecule has 1 aromatic heterocycles. The number of benzene rings is 2. The van der Waals surface area contributed by atoms with E-state index in [0.29, 0.717) is 32.5 Å². The molecule has 0 saturated carbocycles. The Morgan fingerprint density at radius 2 is 1.88 bits per heavy atom. The summed E-state index contributed by atoms with van der Waals surface area (Å²) >= 11 is 11.9. The highest BCUT2D eigenvalue weighted by molar-refractivity contribution is 6.34. The molecule has 0 unspecified atom stereocenters. The molecule has 24 heavy (non-hydrogen) atoms. The summed E-state index contributed by atoms with van der Waals surface area (Å²) in [4.78, 5) is 28.8. The Kier molecular flexibility index (Phi) is 4.51. The van der Waals surface area contributed by atoms with Crippen LogP contribution in [-0.2, 0) is 4.79 Å². The molecule has 0 aliphatic heterocycles. The number of imidazole rings is 1. The fourth-order valence-corrected chi connectivity index (χ4v) is 2.49. The molecule has 124 valence electrons. The molecule has 0 spiro atoms. The Morgan fingerprint density at radius 3 is 2.67 bits per heavy atom.